The van der Waals surface area contributed by atoms with Crippen molar-refractivity contribution in [3.05, 3.63) is 77.7 Å². The van der Waals surface area contributed by atoms with E-state index in [1.54, 1.807) is 6.07 Å². The summed E-state index contributed by atoms with van der Waals surface area (Å²) in [4.78, 5) is 26.1. The maximum absolute atomic E-state index is 13.2. The van der Waals surface area contributed by atoms with Crippen LogP contribution in [0.1, 0.15) is 28.8 Å². The fourth-order valence-electron chi connectivity index (χ4n) is 3.57. The van der Waals surface area contributed by atoms with Crippen LogP contribution < -0.4 is 9.80 Å². The average molecular weight is 358 g/mol. The number of carbonyl (C=O) groups excluding carboxylic acids is 1. The Balaban J connectivity index is 1.70. The molecule has 0 aliphatic carbocycles. The van der Waals surface area contributed by atoms with E-state index in [1.165, 1.54) is 5.56 Å². The van der Waals surface area contributed by atoms with Crippen LogP contribution in [0, 0.1) is 6.92 Å². The van der Waals surface area contributed by atoms with Gasteiger partial charge >= 0.3 is 0 Å². The second-order valence-corrected chi connectivity index (χ2v) is 6.57. The maximum Gasteiger partial charge on any atom is 0.277 e. The summed E-state index contributed by atoms with van der Waals surface area (Å²) < 4.78 is 0. The molecule has 1 aliphatic rings. The van der Waals surface area contributed by atoms with Gasteiger partial charge in [0.2, 0.25) is 0 Å². The molecule has 136 valence electrons. The minimum Gasteiger partial charge on any atom is -0.327 e. The molecule has 0 radical (unpaired) electrons. The number of rotatable bonds is 4. The van der Waals surface area contributed by atoms with Crippen LogP contribution >= 0.6 is 0 Å². The number of aromatic nitrogens is 2. The minimum absolute atomic E-state index is 0.0733. The zero-order chi connectivity index (χ0) is 18.8. The Bertz CT molecular complexity index is 971. The standard InChI is InChI=1S/C22H22N4O/c1-3-25(18-10-5-4-6-11-18)21-15-19(23-16(2)24-21)22(27)26-14-13-17-9-7-8-12-20(17)26/h4-12,15H,3,13-14H2,1-2H3. The van der Waals surface area contributed by atoms with Crippen molar-refractivity contribution in [2.24, 2.45) is 0 Å². The van der Waals surface area contributed by atoms with E-state index in [1.807, 2.05) is 60.4 Å². The number of para-hydroxylation sites is 2. The van der Waals surface area contributed by atoms with E-state index in [-0.39, 0.29) is 5.91 Å². The molecule has 3 aromatic rings. The van der Waals surface area contributed by atoms with Gasteiger partial charge in [-0.2, -0.15) is 0 Å². The van der Waals surface area contributed by atoms with Crippen molar-refractivity contribution in [3.63, 3.8) is 0 Å². The summed E-state index contributed by atoms with van der Waals surface area (Å²) in [7, 11) is 0. The topological polar surface area (TPSA) is 49.3 Å². The van der Waals surface area contributed by atoms with Gasteiger partial charge in [-0.3, -0.25) is 4.79 Å². The molecule has 0 saturated carbocycles. The number of anilines is 3. The Labute approximate surface area is 159 Å². The van der Waals surface area contributed by atoms with Gasteiger partial charge in [0.05, 0.1) is 0 Å². The highest BCUT2D eigenvalue weighted by atomic mass is 16.2. The molecule has 4 rings (SSSR count). The Kier molecular flexibility index (Phi) is 4.59. The van der Waals surface area contributed by atoms with Crippen molar-refractivity contribution in [2.75, 3.05) is 22.9 Å². The predicted molar refractivity (Wildman–Crippen MR) is 108 cm³/mol. The molecule has 0 atom stereocenters. The average Bonchev–Trinajstić information content (AvgIpc) is 3.12. The third-order valence-electron chi connectivity index (χ3n) is 4.84. The first-order valence-electron chi connectivity index (χ1n) is 9.25. The Morgan fingerprint density at radius 1 is 1.07 bits per heavy atom. The predicted octanol–water partition coefficient (Wildman–Crippen LogP) is 4.15. The van der Waals surface area contributed by atoms with Crippen molar-refractivity contribution in [3.8, 4) is 0 Å². The van der Waals surface area contributed by atoms with Gasteiger partial charge in [-0.25, -0.2) is 9.97 Å². The third-order valence-corrected chi connectivity index (χ3v) is 4.84. The molecule has 1 aliphatic heterocycles. The number of hydrogen-bond donors (Lipinski definition) is 0. The summed E-state index contributed by atoms with van der Waals surface area (Å²) >= 11 is 0. The van der Waals surface area contributed by atoms with E-state index in [0.29, 0.717) is 18.1 Å². The van der Waals surface area contributed by atoms with Crippen LogP contribution in [0.25, 0.3) is 0 Å². The van der Waals surface area contributed by atoms with Crippen molar-refractivity contribution < 1.29 is 4.79 Å². The number of aryl methyl sites for hydroxylation is 1. The van der Waals surface area contributed by atoms with Gasteiger partial charge in [0.15, 0.2) is 0 Å². The number of fused-ring (bicyclic) bond motifs is 1. The second-order valence-electron chi connectivity index (χ2n) is 6.57. The van der Waals surface area contributed by atoms with E-state index >= 15 is 0 Å². The molecule has 1 amide bonds. The number of nitrogens with zero attached hydrogens (tertiary/aromatic N) is 4. The largest absolute Gasteiger partial charge is 0.327 e. The summed E-state index contributed by atoms with van der Waals surface area (Å²) in [5.74, 6) is 1.26. The van der Waals surface area contributed by atoms with Gasteiger partial charge in [-0.05, 0) is 44.0 Å². The molecular weight excluding hydrogens is 336 g/mol. The lowest BCUT2D eigenvalue weighted by molar-refractivity contribution is 0.0984. The first kappa shape index (κ1) is 17.2. The van der Waals surface area contributed by atoms with Gasteiger partial charge in [-0.1, -0.05) is 36.4 Å². The second kappa shape index (κ2) is 7.19. The lowest BCUT2D eigenvalue weighted by Crippen LogP contribution is -2.30. The number of amides is 1. The van der Waals surface area contributed by atoms with Gasteiger partial charge in [0.1, 0.15) is 17.3 Å². The van der Waals surface area contributed by atoms with Gasteiger partial charge in [0.25, 0.3) is 5.91 Å². The molecule has 0 fully saturated rings. The summed E-state index contributed by atoms with van der Waals surface area (Å²) in [6.45, 7) is 5.34. The third kappa shape index (κ3) is 3.28. The highest BCUT2D eigenvalue weighted by molar-refractivity contribution is 6.06. The molecule has 2 heterocycles. The molecule has 5 nitrogen and oxygen atoms in total. The van der Waals surface area contributed by atoms with E-state index in [4.69, 9.17) is 0 Å². The number of carbonyl (C=O) groups is 1. The van der Waals surface area contributed by atoms with Crippen LogP contribution in [0.2, 0.25) is 0 Å². The quantitative estimate of drug-likeness (QED) is 0.703. The monoisotopic (exact) mass is 358 g/mol. The van der Waals surface area contributed by atoms with Crippen molar-refractivity contribution >= 4 is 23.1 Å². The van der Waals surface area contributed by atoms with E-state index < -0.39 is 0 Å². The number of benzene rings is 2. The number of hydrogen-bond acceptors (Lipinski definition) is 4. The summed E-state index contributed by atoms with van der Waals surface area (Å²) in [5.41, 5.74) is 3.67. The van der Waals surface area contributed by atoms with E-state index in [2.05, 4.69) is 27.9 Å². The molecule has 0 bridgehead atoms. The van der Waals surface area contributed by atoms with Gasteiger partial charge < -0.3 is 9.80 Å². The Morgan fingerprint density at radius 3 is 2.59 bits per heavy atom. The molecule has 0 saturated heterocycles. The molecule has 0 unspecified atom stereocenters. The fraction of sp³-hybridized carbons (Fsp3) is 0.227. The van der Waals surface area contributed by atoms with E-state index in [0.717, 1.165) is 30.2 Å². The van der Waals surface area contributed by atoms with Crippen LogP contribution in [0.5, 0.6) is 0 Å². The lowest BCUT2D eigenvalue weighted by atomic mass is 10.2. The summed E-state index contributed by atoms with van der Waals surface area (Å²) in [5, 5.41) is 0. The Hall–Kier alpha value is -3.21. The first-order valence-corrected chi connectivity index (χ1v) is 9.25. The SMILES string of the molecule is CCN(c1ccccc1)c1cc(C(=O)N2CCc3ccccc32)nc(C)n1. The smallest absolute Gasteiger partial charge is 0.277 e. The zero-order valence-corrected chi connectivity index (χ0v) is 15.6. The normalized spacial score (nSPS) is 12.7. The molecule has 0 spiro atoms. The van der Waals surface area contributed by atoms with Crippen LogP contribution in [0.15, 0.2) is 60.7 Å². The molecule has 1 aromatic heterocycles. The zero-order valence-electron chi connectivity index (χ0n) is 15.6. The van der Waals surface area contributed by atoms with Crippen LogP contribution in [0.3, 0.4) is 0 Å². The minimum atomic E-state index is -0.0733. The Morgan fingerprint density at radius 2 is 1.81 bits per heavy atom. The summed E-state index contributed by atoms with van der Waals surface area (Å²) in [6, 6.07) is 19.9. The molecular formula is C22H22N4O. The highest BCUT2D eigenvalue weighted by Gasteiger charge is 2.27. The summed E-state index contributed by atoms with van der Waals surface area (Å²) in [6.07, 6.45) is 0.879. The van der Waals surface area contributed by atoms with Gasteiger partial charge in [-0.15, -0.1) is 0 Å². The fourth-order valence-corrected chi connectivity index (χ4v) is 3.57. The molecule has 2 aromatic carbocycles. The maximum atomic E-state index is 13.2. The molecule has 0 N–H and O–H groups in total. The lowest BCUT2D eigenvalue weighted by Gasteiger charge is -2.23. The van der Waals surface area contributed by atoms with E-state index in [9.17, 15) is 4.79 Å². The molecule has 27 heavy (non-hydrogen) atoms. The molecule has 5 heteroatoms. The van der Waals surface area contributed by atoms with Crippen LogP contribution in [-0.4, -0.2) is 29.0 Å². The van der Waals surface area contributed by atoms with Crippen molar-refractivity contribution in [2.45, 2.75) is 20.3 Å². The van der Waals surface area contributed by atoms with Crippen molar-refractivity contribution in [1.29, 1.82) is 0 Å². The van der Waals surface area contributed by atoms with Crippen LogP contribution in [-0.2, 0) is 6.42 Å². The van der Waals surface area contributed by atoms with Crippen molar-refractivity contribution in [1.82, 2.24) is 9.97 Å². The first-order chi connectivity index (χ1) is 13.2. The van der Waals surface area contributed by atoms with Gasteiger partial charge in [0, 0.05) is 30.5 Å². The van der Waals surface area contributed by atoms with Crippen LogP contribution in [0.4, 0.5) is 17.2 Å². The highest BCUT2D eigenvalue weighted by Crippen LogP contribution is 2.30.